The van der Waals surface area contributed by atoms with Crippen LogP contribution < -0.4 is 0 Å². The Morgan fingerprint density at radius 1 is 0.750 bits per heavy atom. The van der Waals surface area contributed by atoms with E-state index < -0.39 is 29.8 Å². The first kappa shape index (κ1) is 14.3. The zero-order valence-corrected chi connectivity index (χ0v) is 12.5. The van der Waals surface area contributed by atoms with Gasteiger partial charge >= 0.3 is 0 Å². The summed E-state index contributed by atoms with van der Waals surface area (Å²) in [6, 6.07) is 13.7. The highest BCUT2D eigenvalue weighted by Crippen LogP contribution is 2.40. The zero-order chi connectivity index (χ0) is 16.8. The fourth-order valence-electron chi connectivity index (χ4n) is 3.32. The SMILES string of the molecule is O=CN1C(=O)[C@@H](N2C(=O)c3ccccc3C2=O)[C@H]1c1ccccc1. The first-order chi connectivity index (χ1) is 11.6. The second-order valence-electron chi connectivity index (χ2n) is 5.68. The van der Waals surface area contributed by atoms with E-state index in [0.29, 0.717) is 12.0 Å². The Balaban J connectivity index is 1.76. The maximum Gasteiger partial charge on any atom is 0.262 e. The van der Waals surface area contributed by atoms with Gasteiger partial charge in [0.15, 0.2) is 0 Å². The molecule has 0 bridgehead atoms. The third-order valence-electron chi connectivity index (χ3n) is 4.46. The number of nitrogens with zero attached hydrogens (tertiary/aromatic N) is 2. The molecule has 2 aromatic carbocycles. The van der Waals surface area contributed by atoms with Crippen molar-refractivity contribution >= 4 is 24.1 Å². The van der Waals surface area contributed by atoms with E-state index >= 15 is 0 Å². The number of β-lactam (4-membered cyclic amide) rings is 1. The molecule has 0 N–H and O–H groups in total. The smallest absolute Gasteiger partial charge is 0.262 e. The number of carbonyl (C=O) groups is 4. The fourth-order valence-corrected chi connectivity index (χ4v) is 3.32. The highest BCUT2D eigenvalue weighted by Gasteiger charge is 2.56. The molecule has 118 valence electrons. The van der Waals surface area contributed by atoms with Gasteiger partial charge in [-0.1, -0.05) is 42.5 Å². The molecule has 1 saturated heterocycles. The Morgan fingerprint density at radius 2 is 1.29 bits per heavy atom. The quantitative estimate of drug-likeness (QED) is 0.486. The van der Waals surface area contributed by atoms with E-state index in [1.165, 1.54) is 0 Å². The zero-order valence-electron chi connectivity index (χ0n) is 12.5. The average molecular weight is 320 g/mol. The number of fused-ring (bicyclic) bond motifs is 1. The molecular formula is C18H12N2O4. The molecule has 24 heavy (non-hydrogen) atoms. The number of carbonyl (C=O) groups excluding carboxylic acids is 4. The highest BCUT2D eigenvalue weighted by atomic mass is 16.2. The molecular weight excluding hydrogens is 308 g/mol. The molecule has 2 atom stereocenters. The molecule has 0 aliphatic carbocycles. The predicted molar refractivity (Wildman–Crippen MR) is 82.8 cm³/mol. The Morgan fingerprint density at radius 3 is 1.83 bits per heavy atom. The van der Waals surface area contributed by atoms with Crippen molar-refractivity contribution in [3.63, 3.8) is 0 Å². The van der Waals surface area contributed by atoms with Crippen molar-refractivity contribution in [3.05, 3.63) is 71.3 Å². The van der Waals surface area contributed by atoms with Gasteiger partial charge in [0, 0.05) is 0 Å². The molecule has 1 fully saturated rings. The van der Waals surface area contributed by atoms with E-state index in [0.717, 1.165) is 9.80 Å². The van der Waals surface area contributed by atoms with Gasteiger partial charge in [0.25, 0.3) is 17.7 Å². The number of benzene rings is 2. The second kappa shape index (κ2) is 5.13. The lowest BCUT2D eigenvalue weighted by Gasteiger charge is -2.46. The van der Waals surface area contributed by atoms with Crippen LogP contribution in [-0.4, -0.2) is 40.0 Å². The Labute approximate surface area is 137 Å². The van der Waals surface area contributed by atoms with Crippen LogP contribution in [0.5, 0.6) is 0 Å². The largest absolute Gasteiger partial charge is 0.278 e. The molecule has 6 nitrogen and oxygen atoms in total. The molecule has 0 saturated carbocycles. The number of rotatable bonds is 3. The van der Waals surface area contributed by atoms with E-state index in [1.54, 1.807) is 48.5 Å². The molecule has 2 aromatic rings. The van der Waals surface area contributed by atoms with Gasteiger partial charge in [-0.3, -0.25) is 29.0 Å². The maximum absolute atomic E-state index is 12.6. The van der Waals surface area contributed by atoms with Gasteiger partial charge in [-0.25, -0.2) is 0 Å². The molecule has 0 spiro atoms. The summed E-state index contributed by atoms with van der Waals surface area (Å²) in [5, 5.41) is 0. The van der Waals surface area contributed by atoms with E-state index in [2.05, 4.69) is 0 Å². The third-order valence-corrected chi connectivity index (χ3v) is 4.46. The Kier molecular flexibility index (Phi) is 3.06. The number of hydrogen-bond acceptors (Lipinski definition) is 4. The van der Waals surface area contributed by atoms with E-state index in [4.69, 9.17) is 0 Å². The van der Waals surface area contributed by atoms with Crippen molar-refractivity contribution in [1.29, 1.82) is 0 Å². The van der Waals surface area contributed by atoms with Gasteiger partial charge in [0.1, 0.15) is 6.04 Å². The van der Waals surface area contributed by atoms with Crippen LogP contribution >= 0.6 is 0 Å². The maximum atomic E-state index is 12.6. The minimum Gasteiger partial charge on any atom is -0.278 e. The number of imide groups is 2. The monoisotopic (exact) mass is 320 g/mol. The number of amides is 4. The van der Waals surface area contributed by atoms with Crippen molar-refractivity contribution in [2.24, 2.45) is 0 Å². The second-order valence-corrected chi connectivity index (χ2v) is 5.68. The molecule has 2 heterocycles. The average Bonchev–Trinajstić information content (AvgIpc) is 2.86. The molecule has 0 aromatic heterocycles. The number of hydrogen-bond donors (Lipinski definition) is 0. The predicted octanol–water partition coefficient (Wildman–Crippen LogP) is 1.39. The summed E-state index contributed by atoms with van der Waals surface area (Å²) in [5.74, 6) is -1.55. The van der Waals surface area contributed by atoms with E-state index in [9.17, 15) is 19.2 Å². The molecule has 2 aliphatic heterocycles. The van der Waals surface area contributed by atoms with Crippen LogP contribution in [0.3, 0.4) is 0 Å². The lowest BCUT2D eigenvalue weighted by Crippen LogP contribution is -2.66. The number of likely N-dealkylation sites (tertiary alicyclic amines) is 1. The fraction of sp³-hybridized carbons (Fsp3) is 0.111. The summed E-state index contributed by atoms with van der Waals surface area (Å²) in [6.45, 7) is 0. The highest BCUT2D eigenvalue weighted by molar-refractivity contribution is 6.23. The summed E-state index contributed by atoms with van der Waals surface area (Å²) < 4.78 is 0. The molecule has 6 heteroatoms. The minimum atomic E-state index is -0.995. The van der Waals surface area contributed by atoms with Gasteiger partial charge < -0.3 is 0 Å². The van der Waals surface area contributed by atoms with Crippen LogP contribution in [0.2, 0.25) is 0 Å². The molecule has 4 amide bonds. The van der Waals surface area contributed by atoms with E-state index in [1.807, 2.05) is 6.07 Å². The summed E-state index contributed by atoms with van der Waals surface area (Å²) in [7, 11) is 0. The summed E-state index contributed by atoms with van der Waals surface area (Å²) in [4.78, 5) is 50.8. The first-order valence-electron chi connectivity index (χ1n) is 7.44. The van der Waals surface area contributed by atoms with Crippen molar-refractivity contribution in [3.8, 4) is 0 Å². The molecule has 2 aliphatic rings. The summed E-state index contributed by atoms with van der Waals surface area (Å²) in [5.41, 5.74) is 1.27. The van der Waals surface area contributed by atoms with Crippen LogP contribution in [0, 0.1) is 0 Å². The van der Waals surface area contributed by atoms with Crippen LogP contribution in [-0.2, 0) is 9.59 Å². The van der Waals surface area contributed by atoms with Crippen LogP contribution in [0.25, 0.3) is 0 Å². The van der Waals surface area contributed by atoms with Crippen LogP contribution in [0.1, 0.15) is 32.3 Å². The topological polar surface area (TPSA) is 74.8 Å². The summed E-state index contributed by atoms with van der Waals surface area (Å²) >= 11 is 0. The van der Waals surface area contributed by atoms with Crippen LogP contribution in [0.15, 0.2) is 54.6 Å². The normalized spacial score (nSPS) is 22.4. The Hall–Kier alpha value is -3.28. The van der Waals surface area contributed by atoms with Gasteiger partial charge in [-0.05, 0) is 17.7 Å². The molecule has 4 rings (SSSR count). The van der Waals surface area contributed by atoms with Gasteiger partial charge in [-0.15, -0.1) is 0 Å². The van der Waals surface area contributed by atoms with Gasteiger partial charge in [0.2, 0.25) is 6.41 Å². The Bertz CT molecular complexity index is 843. The van der Waals surface area contributed by atoms with Crippen molar-refractivity contribution in [2.75, 3.05) is 0 Å². The standard InChI is InChI=1S/C18H12N2O4/c21-10-19-14(11-6-2-1-3-7-11)15(18(19)24)20-16(22)12-8-4-5-9-13(12)17(20)23/h1-10,14-15H/t14-,15+/m1/s1. The molecule has 0 radical (unpaired) electrons. The van der Waals surface area contributed by atoms with Crippen LogP contribution in [0.4, 0.5) is 0 Å². The van der Waals surface area contributed by atoms with Crippen molar-refractivity contribution in [2.45, 2.75) is 12.1 Å². The van der Waals surface area contributed by atoms with E-state index in [-0.39, 0.29) is 11.1 Å². The lowest BCUT2D eigenvalue weighted by atomic mass is 9.88. The molecule has 0 unspecified atom stereocenters. The first-order valence-corrected chi connectivity index (χ1v) is 7.44. The third kappa shape index (κ3) is 1.76. The van der Waals surface area contributed by atoms with Crippen molar-refractivity contribution < 1.29 is 19.2 Å². The minimum absolute atomic E-state index is 0.284. The summed E-state index contributed by atoms with van der Waals surface area (Å²) in [6.07, 6.45) is 0.439. The van der Waals surface area contributed by atoms with Gasteiger partial charge in [-0.2, -0.15) is 0 Å². The lowest BCUT2D eigenvalue weighted by molar-refractivity contribution is -0.160. The van der Waals surface area contributed by atoms with Crippen molar-refractivity contribution in [1.82, 2.24) is 9.80 Å². The van der Waals surface area contributed by atoms with Gasteiger partial charge in [0.05, 0.1) is 17.2 Å².